The van der Waals surface area contributed by atoms with Crippen LogP contribution in [0.5, 0.6) is 0 Å². The van der Waals surface area contributed by atoms with Gasteiger partial charge in [-0.1, -0.05) is 0 Å². The molecule has 2 heterocycles. The van der Waals surface area contributed by atoms with E-state index in [0.717, 1.165) is 12.2 Å². The average molecular weight is 251 g/mol. The number of aromatic nitrogens is 1. The molecule has 1 aromatic rings. The van der Waals surface area contributed by atoms with Crippen molar-refractivity contribution >= 4 is 6.09 Å². The third-order valence-electron chi connectivity index (χ3n) is 3.02. The summed E-state index contributed by atoms with van der Waals surface area (Å²) >= 11 is 0. The van der Waals surface area contributed by atoms with Gasteiger partial charge in [-0.25, -0.2) is 4.79 Å². The lowest BCUT2D eigenvalue weighted by Crippen LogP contribution is -2.46. The van der Waals surface area contributed by atoms with E-state index in [1.807, 2.05) is 39.1 Å². The third-order valence-corrected chi connectivity index (χ3v) is 3.02. The SMILES string of the molecule is CC(C)(C)OC(=O)N1CCn2cccc2[C@H]1CN. The van der Waals surface area contributed by atoms with E-state index in [9.17, 15) is 4.79 Å². The molecule has 0 unspecified atom stereocenters. The highest BCUT2D eigenvalue weighted by molar-refractivity contribution is 5.69. The molecule has 0 saturated heterocycles. The first kappa shape index (κ1) is 13.0. The first-order valence-corrected chi connectivity index (χ1v) is 6.27. The number of ether oxygens (including phenoxy) is 1. The Morgan fingerprint density at radius 3 is 2.83 bits per heavy atom. The predicted octanol–water partition coefficient (Wildman–Crippen LogP) is 1.74. The van der Waals surface area contributed by atoms with Gasteiger partial charge in [0.2, 0.25) is 0 Å². The van der Waals surface area contributed by atoms with Crippen LogP contribution in [0.2, 0.25) is 0 Å². The molecule has 1 amide bonds. The minimum absolute atomic E-state index is 0.0939. The van der Waals surface area contributed by atoms with E-state index in [4.69, 9.17) is 10.5 Å². The fraction of sp³-hybridized carbons (Fsp3) is 0.615. The Labute approximate surface area is 108 Å². The van der Waals surface area contributed by atoms with Gasteiger partial charge >= 0.3 is 6.09 Å². The number of amides is 1. The molecule has 18 heavy (non-hydrogen) atoms. The van der Waals surface area contributed by atoms with Gasteiger partial charge in [0.15, 0.2) is 0 Å². The second kappa shape index (κ2) is 4.65. The summed E-state index contributed by atoms with van der Waals surface area (Å²) in [5, 5.41) is 0. The van der Waals surface area contributed by atoms with E-state index in [-0.39, 0.29) is 12.1 Å². The van der Waals surface area contributed by atoms with Crippen LogP contribution in [0.3, 0.4) is 0 Å². The lowest BCUT2D eigenvalue weighted by atomic mass is 10.1. The Balaban J connectivity index is 2.17. The molecule has 5 nitrogen and oxygen atoms in total. The Hall–Kier alpha value is -1.49. The average Bonchev–Trinajstić information content (AvgIpc) is 2.72. The van der Waals surface area contributed by atoms with Crippen LogP contribution in [0.1, 0.15) is 32.5 Å². The second-order valence-electron chi connectivity index (χ2n) is 5.55. The van der Waals surface area contributed by atoms with Crippen LogP contribution >= 0.6 is 0 Å². The van der Waals surface area contributed by atoms with Gasteiger partial charge < -0.3 is 15.0 Å². The maximum absolute atomic E-state index is 12.2. The summed E-state index contributed by atoms with van der Waals surface area (Å²) in [4.78, 5) is 13.9. The number of nitrogens with two attached hydrogens (primary N) is 1. The molecule has 1 atom stereocenters. The van der Waals surface area contributed by atoms with Crippen molar-refractivity contribution in [3.8, 4) is 0 Å². The molecule has 0 bridgehead atoms. The van der Waals surface area contributed by atoms with Gasteiger partial charge in [-0.05, 0) is 32.9 Å². The van der Waals surface area contributed by atoms with Gasteiger partial charge in [-0.3, -0.25) is 4.90 Å². The highest BCUT2D eigenvalue weighted by atomic mass is 16.6. The highest BCUT2D eigenvalue weighted by Gasteiger charge is 2.32. The third kappa shape index (κ3) is 2.51. The van der Waals surface area contributed by atoms with Crippen LogP contribution in [-0.4, -0.2) is 34.3 Å². The lowest BCUT2D eigenvalue weighted by molar-refractivity contribution is 0.0115. The smallest absolute Gasteiger partial charge is 0.410 e. The van der Waals surface area contributed by atoms with Crippen LogP contribution in [0.15, 0.2) is 18.3 Å². The summed E-state index contributed by atoms with van der Waals surface area (Å²) in [6.07, 6.45) is 1.73. The molecule has 0 spiro atoms. The van der Waals surface area contributed by atoms with Crippen LogP contribution in [0.4, 0.5) is 4.79 Å². The molecule has 0 aliphatic carbocycles. The molecule has 0 saturated carbocycles. The molecule has 1 aliphatic rings. The summed E-state index contributed by atoms with van der Waals surface area (Å²) in [6, 6.07) is 3.90. The van der Waals surface area contributed by atoms with E-state index in [0.29, 0.717) is 13.1 Å². The van der Waals surface area contributed by atoms with Crippen LogP contribution < -0.4 is 5.73 Å². The van der Waals surface area contributed by atoms with Gasteiger partial charge in [0.05, 0.1) is 6.04 Å². The summed E-state index contributed by atoms with van der Waals surface area (Å²) in [7, 11) is 0. The van der Waals surface area contributed by atoms with Gasteiger partial charge in [0.1, 0.15) is 5.60 Å². The first-order chi connectivity index (χ1) is 8.42. The van der Waals surface area contributed by atoms with E-state index in [1.54, 1.807) is 4.90 Å². The van der Waals surface area contributed by atoms with Crippen LogP contribution in [0, 0.1) is 0 Å². The highest BCUT2D eigenvalue weighted by Crippen LogP contribution is 2.26. The van der Waals surface area contributed by atoms with Crippen molar-refractivity contribution in [1.82, 2.24) is 9.47 Å². The number of hydrogen-bond donors (Lipinski definition) is 1. The number of rotatable bonds is 1. The number of carbonyl (C=O) groups is 1. The number of carbonyl (C=O) groups excluding carboxylic acids is 1. The van der Waals surface area contributed by atoms with Crippen molar-refractivity contribution in [2.24, 2.45) is 5.73 Å². The topological polar surface area (TPSA) is 60.5 Å². The van der Waals surface area contributed by atoms with E-state index < -0.39 is 5.60 Å². The Kier molecular flexibility index (Phi) is 3.34. The van der Waals surface area contributed by atoms with Crippen molar-refractivity contribution in [3.05, 3.63) is 24.0 Å². The van der Waals surface area contributed by atoms with Gasteiger partial charge in [-0.15, -0.1) is 0 Å². The summed E-state index contributed by atoms with van der Waals surface area (Å²) in [5.74, 6) is 0. The maximum atomic E-state index is 12.2. The molecule has 0 fully saturated rings. The molecule has 0 aromatic carbocycles. The minimum Gasteiger partial charge on any atom is -0.444 e. The van der Waals surface area contributed by atoms with E-state index >= 15 is 0 Å². The van der Waals surface area contributed by atoms with Crippen molar-refractivity contribution < 1.29 is 9.53 Å². The first-order valence-electron chi connectivity index (χ1n) is 6.27. The Morgan fingerprint density at radius 2 is 2.22 bits per heavy atom. The Morgan fingerprint density at radius 1 is 1.50 bits per heavy atom. The molecule has 0 radical (unpaired) electrons. The Bertz CT molecular complexity index is 434. The second-order valence-corrected chi connectivity index (χ2v) is 5.55. The fourth-order valence-electron chi connectivity index (χ4n) is 2.25. The molecule has 5 heteroatoms. The number of hydrogen-bond acceptors (Lipinski definition) is 3. The summed E-state index contributed by atoms with van der Waals surface area (Å²) < 4.78 is 7.56. The maximum Gasteiger partial charge on any atom is 0.410 e. The lowest BCUT2D eigenvalue weighted by Gasteiger charge is -2.37. The van der Waals surface area contributed by atoms with E-state index in [2.05, 4.69) is 4.57 Å². The summed E-state index contributed by atoms with van der Waals surface area (Å²) in [6.45, 7) is 7.44. The zero-order valence-electron chi connectivity index (χ0n) is 11.2. The molecule has 1 aliphatic heterocycles. The molecule has 2 N–H and O–H groups in total. The van der Waals surface area contributed by atoms with E-state index in [1.165, 1.54) is 0 Å². The predicted molar refractivity (Wildman–Crippen MR) is 69.2 cm³/mol. The quantitative estimate of drug-likeness (QED) is 0.827. The van der Waals surface area contributed by atoms with Crippen LogP contribution in [0.25, 0.3) is 0 Å². The standard InChI is InChI=1S/C13H21N3O2/c1-13(2,3)18-12(17)16-8-7-15-6-4-5-10(15)11(16)9-14/h4-6,11H,7-9,14H2,1-3H3/t11-/m1/s1. The molecular weight excluding hydrogens is 230 g/mol. The van der Waals surface area contributed by atoms with Gasteiger partial charge in [0.25, 0.3) is 0 Å². The fourth-order valence-corrected chi connectivity index (χ4v) is 2.25. The zero-order chi connectivity index (χ0) is 13.3. The van der Waals surface area contributed by atoms with Crippen molar-refractivity contribution in [2.45, 2.75) is 39.0 Å². The van der Waals surface area contributed by atoms with Gasteiger partial charge in [0, 0.05) is 31.5 Å². The normalized spacial score (nSPS) is 19.6. The molecule has 1 aromatic heterocycles. The summed E-state index contributed by atoms with van der Waals surface area (Å²) in [5.41, 5.74) is 6.41. The minimum atomic E-state index is -0.477. The van der Waals surface area contributed by atoms with Gasteiger partial charge in [-0.2, -0.15) is 0 Å². The monoisotopic (exact) mass is 251 g/mol. The number of nitrogens with zero attached hydrogens (tertiary/aromatic N) is 2. The largest absolute Gasteiger partial charge is 0.444 e. The van der Waals surface area contributed by atoms with Crippen LogP contribution in [-0.2, 0) is 11.3 Å². The van der Waals surface area contributed by atoms with Crippen molar-refractivity contribution in [2.75, 3.05) is 13.1 Å². The molecular formula is C13H21N3O2. The van der Waals surface area contributed by atoms with Crippen molar-refractivity contribution in [3.63, 3.8) is 0 Å². The number of fused-ring (bicyclic) bond motifs is 1. The zero-order valence-corrected chi connectivity index (χ0v) is 11.2. The molecule has 100 valence electrons. The van der Waals surface area contributed by atoms with Crippen molar-refractivity contribution in [1.29, 1.82) is 0 Å². The molecule has 2 rings (SSSR count).